The lowest BCUT2D eigenvalue weighted by atomic mass is 10.0. The third-order valence-electron chi connectivity index (χ3n) is 3.99. The van der Waals surface area contributed by atoms with Crippen LogP contribution >= 0.6 is 11.6 Å². The largest absolute Gasteiger partial charge is 0.469 e. The predicted molar refractivity (Wildman–Crippen MR) is 79.2 cm³/mol. The van der Waals surface area contributed by atoms with Gasteiger partial charge in [-0.05, 0) is 49.4 Å². The minimum atomic E-state index is -0.294. The number of fused-ring (bicyclic) bond motifs is 2. The van der Waals surface area contributed by atoms with Gasteiger partial charge in [0, 0.05) is 16.6 Å². The molecule has 0 N–H and O–H groups in total. The molecule has 1 aliphatic carbocycles. The smallest absolute Gasteiger partial charge is 0.310 e. The summed E-state index contributed by atoms with van der Waals surface area (Å²) in [5, 5.41) is 1.57. The molecule has 0 fully saturated rings. The normalized spacial score (nSPS) is 13.6. The number of nitrogens with zero attached hydrogens (tertiary/aromatic N) is 1. The zero-order valence-electron chi connectivity index (χ0n) is 11.6. The fourth-order valence-corrected chi connectivity index (χ4v) is 3.23. The van der Waals surface area contributed by atoms with Gasteiger partial charge in [0.1, 0.15) is 0 Å². The van der Waals surface area contributed by atoms with E-state index in [1.54, 1.807) is 0 Å². The first-order valence-corrected chi connectivity index (χ1v) is 7.15. The van der Waals surface area contributed by atoms with Crippen molar-refractivity contribution in [1.29, 1.82) is 0 Å². The van der Waals surface area contributed by atoms with E-state index in [0.717, 1.165) is 35.0 Å². The van der Waals surface area contributed by atoms with Crippen LogP contribution in [0.2, 0.25) is 5.02 Å². The number of halogens is 1. The van der Waals surface area contributed by atoms with Crippen LogP contribution in [0.5, 0.6) is 0 Å². The highest BCUT2D eigenvalue weighted by Crippen LogP contribution is 2.33. The van der Waals surface area contributed by atoms with E-state index in [1.807, 2.05) is 6.92 Å². The fourth-order valence-electron chi connectivity index (χ4n) is 2.87. The summed E-state index contributed by atoms with van der Waals surface area (Å²) in [4.78, 5) is 16.1. The topological polar surface area (TPSA) is 39.2 Å². The number of aryl methyl sites for hydroxylation is 3. The molecule has 0 amide bonds. The first-order chi connectivity index (χ1) is 9.60. The fraction of sp³-hybridized carbons (Fsp3) is 0.375. The molecule has 0 radical (unpaired) electrons. The standard InChI is InChI=1S/C16H16ClNO2/c1-9-12(8-15(19)20-2)16(17)13-6-10-4-3-5-11(10)7-14(13)18-9/h6-7H,3-5,8H2,1-2H3. The summed E-state index contributed by atoms with van der Waals surface area (Å²) in [6.45, 7) is 1.89. The van der Waals surface area contributed by atoms with Gasteiger partial charge in [-0.3, -0.25) is 9.78 Å². The zero-order chi connectivity index (χ0) is 14.3. The number of esters is 1. The zero-order valence-corrected chi connectivity index (χ0v) is 12.4. The summed E-state index contributed by atoms with van der Waals surface area (Å²) in [7, 11) is 1.38. The van der Waals surface area contributed by atoms with Crippen molar-refractivity contribution in [2.24, 2.45) is 0 Å². The van der Waals surface area contributed by atoms with E-state index in [0.29, 0.717) is 5.02 Å². The van der Waals surface area contributed by atoms with Crippen molar-refractivity contribution in [2.75, 3.05) is 7.11 Å². The Kier molecular flexibility index (Phi) is 3.38. The predicted octanol–water partition coefficient (Wildman–Crippen LogP) is 3.40. The van der Waals surface area contributed by atoms with Crippen LogP contribution in [0.4, 0.5) is 0 Å². The SMILES string of the molecule is COC(=O)Cc1c(C)nc2cc3c(cc2c1Cl)CCC3. The van der Waals surface area contributed by atoms with Crippen molar-refractivity contribution in [1.82, 2.24) is 4.98 Å². The number of pyridine rings is 1. The van der Waals surface area contributed by atoms with Gasteiger partial charge < -0.3 is 4.74 Å². The molecule has 1 heterocycles. The molecule has 0 unspecified atom stereocenters. The maximum Gasteiger partial charge on any atom is 0.310 e. The van der Waals surface area contributed by atoms with E-state index >= 15 is 0 Å². The van der Waals surface area contributed by atoms with Crippen molar-refractivity contribution in [3.63, 3.8) is 0 Å². The van der Waals surface area contributed by atoms with Crippen LogP contribution in [0.3, 0.4) is 0 Å². The van der Waals surface area contributed by atoms with Crippen molar-refractivity contribution in [3.8, 4) is 0 Å². The van der Waals surface area contributed by atoms with Gasteiger partial charge in [0.25, 0.3) is 0 Å². The van der Waals surface area contributed by atoms with Gasteiger partial charge in [-0.25, -0.2) is 0 Å². The van der Waals surface area contributed by atoms with Crippen LogP contribution in [0.15, 0.2) is 12.1 Å². The number of benzene rings is 1. The Morgan fingerprint density at radius 1 is 1.35 bits per heavy atom. The van der Waals surface area contributed by atoms with Gasteiger partial charge in [-0.15, -0.1) is 0 Å². The second kappa shape index (κ2) is 5.06. The molecule has 20 heavy (non-hydrogen) atoms. The van der Waals surface area contributed by atoms with E-state index in [2.05, 4.69) is 17.1 Å². The number of carbonyl (C=O) groups excluding carboxylic acids is 1. The molecular formula is C16H16ClNO2. The van der Waals surface area contributed by atoms with E-state index < -0.39 is 0 Å². The Morgan fingerprint density at radius 2 is 2.05 bits per heavy atom. The second-order valence-electron chi connectivity index (χ2n) is 5.23. The van der Waals surface area contributed by atoms with Crippen LogP contribution in [0, 0.1) is 6.92 Å². The Hall–Kier alpha value is -1.61. The van der Waals surface area contributed by atoms with E-state index in [9.17, 15) is 4.79 Å². The minimum Gasteiger partial charge on any atom is -0.469 e. The molecular weight excluding hydrogens is 274 g/mol. The van der Waals surface area contributed by atoms with Crippen LogP contribution in [0.25, 0.3) is 10.9 Å². The Bertz CT molecular complexity index is 709. The Labute approximate surface area is 122 Å². The van der Waals surface area contributed by atoms with Crippen LogP contribution < -0.4 is 0 Å². The number of hydrogen-bond donors (Lipinski definition) is 0. The molecule has 0 saturated carbocycles. The molecule has 0 aliphatic heterocycles. The van der Waals surface area contributed by atoms with Crippen molar-refractivity contribution >= 4 is 28.5 Å². The number of ether oxygens (including phenoxy) is 1. The first-order valence-electron chi connectivity index (χ1n) is 6.77. The van der Waals surface area contributed by atoms with E-state index in [-0.39, 0.29) is 12.4 Å². The van der Waals surface area contributed by atoms with Crippen LogP contribution in [-0.2, 0) is 28.8 Å². The monoisotopic (exact) mass is 289 g/mol. The van der Waals surface area contributed by atoms with Gasteiger partial charge in [-0.1, -0.05) is 11.6 Å². The lowest BCUT2D eigenvalue weighted by Gasteiger charge is -2.11. The van der Waals surface area contributed by atoms with E-state index in [4.69, 9.17) is 16.3 Å². The molecule has 4 heteroatoms. The summed E-state index contributed by atoms with van der Waals surface area (Å²) >= 11 is 6.50. The van der Waals surface area contributed by atoms with Gasteiger partial charge >= 0.3 is 5.97 Å². The van der Waals surface area contributed by atoms with Gasteiger partial charge in [0.15, 0.2) is 0 Å². The maximum atomic E-state index is 11.5. The highest BCUT2D eigenvalue weighted by Gasteiger charge is 2.18. The molecule has 2 aromatic rings. The van der Waals surface area contributed by atoms with Gasteiger partial charge in [0.2, 0.25) is 0 Å². The number of rotatable bonds is 2. The summed E-state index contributed by atoms with van der Waals surface area (Å²) < 4.78 is 4.72. The Balaban J connectivity index is 2.18. The number of methoxy groups -OCH3 is 1. The lowest BCUT2D eigenvalue weighted by Crippen LogP contribution is -2.08. The van der Waals surface area contributed by atoms with Gasteiger partial charge in [-0.2, -0.15) is 0 Å². The molecule has 0 atom stereocenters. The summed E-state index contributed by atoms with van der Waals surface area (Å²) in [6.07, 6.45) is 3.58. The van der Waals surface area contributed by atoms with Crippen molar-refractivity contribution < 1.29 is 9.53 Å². The third-order valence-corrected chi connectivity index (χ3v) is 4.42. The van der Waals surface area contributed by atoms with Gasteiger partial charge in [0.05, 0.1) is 24.1 Å². The second-order valence-corrected chi connectivity index (χ2v) is 5.61. The summed E-state index contributed by atoms with van der Waals surface area (Å²) in [6, 6.07) is 4.27. The van der Waals surface area contributed by atoms with Crippen LogP contribution in [-0.4, -0.2) is 18.1 Å². The highest BCUT2D eigenvalue weighted by molar-refractivity contribution is 6.36. The Morgan fingerprint density at radius 3 is 2.75 bits per heavy atom. The highest BCUT2D eigenvalue weighted by atomic mass is 35.5. The molecule has 0 spiro atoms. The van der Waals surface area contributed by atoms with Crippen molar-refractivity contribution in [3.05, 3.63) is 39.5 Å². The average Bonchev–Trinajstić information content (AvgIpc) is 2.88. The molecule has 0 bridgehead atoms. The molecule has 1 aromatic heterocycles. The molecule has 1 aliphatic rings. The number of hydrogen-bond acceptors (Lipinski definition) is 3. The number of aromatic nitrogens is 1. The van der Waals surface area contributed by atoms with E-state index in [1.165, 1.54) is 24.7 Å². The first kappa shape index (κ1) is 13.4. The molecule has 3 nitrogen and oxygen atoms in total. The maximum absolute atomic E-state index is 11.5. The molecule has 0 saturated heterocycles. The third kappa shape index (κ3) is 2.16. The van der Waals surface area contributed by atoms with Crippen LogP contribution in [0.1, 0.15) is 28.8 Å². The molecule has 3 rings (SSSR count). The average molecular weight is 290 g/mol. The lowest BCUT2D eigenvalue weighted by molar-refractivity contribution is -0.139. The molecule has 104 valence electrons. The molecule has 1 aromatic carbocycles. The summed E-state index contributed by atoms with van der Waals surface area (Å²) in [5.74, 6) is -0.294. The van der Waals surface area contributed by atoms with Crippen molar-refractivity contribution in [2.45, 2.75) is 32.6 Å². The number of carbonyl (C=O) groups is 1. The minimum absolute atomic E-state index is 0.168. The summed E-state index contributed by atoms with van der Waals surface area (Å²) in [5.41, 5.74) is 5.21. The quantitative estimate of drug-likeness (QED) is 0.796.